The van der Waals surface area contributed by atoms with E-state index in [2.05, 4.69) is 4.74 Å². The Balaban J connectivity index is 4.67. The van der Waals surface area contributed by atoms with Gasteiger partial charge in [-0.1, -0.05) is 0 Å². The molecule has 0 saturated carbocycles. The molecule has 0 spiro atoms. The molecule has 0 aliphatic rings. The van der Waals surface area contributed by atoms with E-state index in [-0.39, 0.29) is 6.61 Å². The van der Waals surface area contributed by atoms with Crippen molar-refractivity contribution in [2.75, 3.05) is 6.61 Å². The summed E-state index contributed by atoms with van der Waals surface area (Å²) in [6.07, 6.45) is 0. The van der Waals surface area contributed by atoms with Crippen molar-refractivity contribution in [1.82, 2.24) is 0 Å². The Hall–Kier alpha value is -1.59. The van der Waals surface area contributed by atoms with Gasteiger partial charge in [-0.15, -0.1) is 0 Å². The lowest BCUT2D eigenvalue weighted by atomic mass is 10.4. The van der Waals surface area contributed by atoms with Crippen LogP contribution in [0.3, 0.4) is 0 Å². The summed E-state index contributed by atoms with van der Waals surface area (Å²) in [5.74, 6) is -2.09. The Morgan fingerprint density at radius 3 is 2.33 bits per heavy atom. The fraction of sp³-hybridized carbons (Fsp3) is 0.500. The number of nitrogens with zero attached hydrogens (tertiary/aromatic N) is 1. The summed E-state index contributed by atoms with van der Waals surface area (Å²) in [6.45, 7) is 2.44. The minimum Gasteiger partial charge on any atom is -0.871 e. The number of carbonyl (C=O) groups excluding carboxylic acids is 1. The van der Waals surface area contributed by atoms with Crippen molar-refractivity contribution in [2.45, 2.75) is 13.8 Å². The van der Waals surface area contributed by atoms with Crippen molar-refractivity contribution >= 4 is 5.97 Å². The van der Waals surface area contributed by atoms with Crippen LogP contribution < -0.4 is 5.11 Å². The first kappa shape index (κ1) is 10.4. The van der Waals surface area contributed by atoms with Gasteiger partial charge in [-0.2, -0.15) is 0 Å². The molecular weight excluding hydrogens is 166 g/mol. The van der Waals surface area contributed by atoms with Crippen molar-refractivity contribution in [3.05, 3.63) is 21.6 Å². The van der Waals surface area contributed by atoms with Gasteiger partial charge in [0.1, 0.15) is 0 Å². The Morgan fingerprint density at radius 2 is 2.08 bits per heavy atom. The number of allylic oxidation sites excluding steroid dienone is 1. The maximum absolute atomic E-state index is 10.7. The lowest BCUT2D eigenvalue weighted by Crippen LogP contribution is -2.20. The highest BCUT2D eigenvalue weighted by molar-refractivity contribution is 5.85. The molecular formula is C6H8NO5-. The minimum absolute atomic E-state index is 0.00343. The van der Waals surface area contributed by atoms with E-state index in [1.54, 1.807) is 0 Å². The van der Waals surface area contributed by atoms with Crippen LogP contribution in [-0.2, 0) is 9.53 Å². The molecule has 0 rings (SSSR count). The second-order valence-electron chi connectivity index (χ2n) is 1.88. The zero-order valence-electron chi connectivity index (χ0n) is 6.70. The first-order valence-corrected chi connectivity index (χ1v) is 3.20. The van der Waals surface area contributed by atoms with E-state index < -0.39 is 22.3 Å². The first-order chi connectivity index (χ1) is 5.50. The molecule has 0 fully saturated rings. The molecule has 0 aromatic carbocycles. The van der Waals surface area contributed by atoms with Crippen molar-refractivity contribution in [1.29, 1.82) is 0 Å². The molecule has 0 aliphatic carbocycles. The summed E-state index contributed by atoms with van der Waals surface area (Å²) in [6, 6.07) is 0. The zero-order valence-corrected chi connectivity index (χ0v) is 6.70. The standard InChI is InChI=1S/C6H9NO5/c1-3-12-6(9)5(4(2)8)7(10)11/h8H,3H2,1-2H3/p-1/b5-4-. The van der Waals surface area contributed by atoms with Gasteiger partial charge in [0.05, 0.1) is 11.5 Å². The van der Waals surface area contributed by atoms with Gasteiger partial charge in [0.2, 0.25) is 0 Å². The van der Waals surface area contributed by atoms with E-state index in [4.69, 9.17) is 0 Å². The normalized spacial score (nSPS) is 11.8. The number of esters is 1. The Labute approximate surface area is 68.6 Å². The Morgan fingerprint density at radius 1 is 1.58 bits per heavy atom. The van der Waals surface area contributed by atoms with E-state index in [1.807, 2.05) is 0 Å². The zero-order chi connectivity index (χ0) is 9.72. The van der Waals surface area contributed by atoms with Gasteiger partial charge < -0.3 is 9.84 Å². The van der Waals surface area contributed by atoms with Crippen LogP contribution in [0.2, 0.25) is 0 Å². The molecule has 0 unspecified atom stereocenters. The van der Waals surface area contributed by atoms with Crippen LogP contribution in [0.4, 0.5) is 0 Å². The number of hydrogen-bond donors (Lipinski definition) is 0. The lowest BCUT2D eigenvalue weighted by Gasteiger charge is -2.05. The number of rotatable bonds is 3. The van der Waals surface area contributed by atoms with Gasteiger partial charge in [0, 0.05) is 0 Å². The average Bonchev–Trinajstić information content (AvgIpc) is 1.85. The monoisotopic (exact) mass is 174 g/mol. The molecule has 6 heteroatoms. The highest BCUT2D eigenvalue weighted by Gasteiger charge is 2.22. The van der Waals surface area contributed by atoms with E-state index >= 15 is 0 Å². The molecule has 0 aromatic heterocycles. The maximum atomic E-state index is 10.7. The summed E-state index contributed by atoms with van der Waals surface area (Å²) in [7, 11) is 0. The van der Waals surface area contributed by atoms with Crippen LogP contribution >= 0.6 is 0 Å². The van der Waals surface area contributed by atoms with Gasteiger partial charge in [-0.25, -0.2) is 4.79 Å². The summed E-state index contributed by atoms with van der Waals surface area (Å²) in [5.41, 5.74) is -1.03. The predicted octanol–water partition coefficient (Wildman–Crippen LogP) is -0.582. The fourth-order valence-corrected chi connectivity index (χ4v) is 0.546. The molecule has 0 bridgehead atoms. The third kappa shape index (κ3) is 2.57. The Bertz CT molecular complexity index is 228. The number of carbonyl (C=O) groups is 1. The Kier molecular flexibility index (Phi) is 3.75. The highest BCUT2D eigenvalue weighted by atomic mass is 16.6. The van der Waals surface area contributed by atoms with Crippen LogP contribution in [0.5, 0.6) is 0 Å². The minimum atomic E-state index is -1.19. The van der Waals surface area contributed by atoms with Gasteiger partial charge in [0.25, 0.3) is 0 Å². The summed E-state index contributed by atoms with van der Waals surface area (Å²) >= 11 is 0. The molecule has 0 heterocycles. The molecule has 6 nitrogen and oxygen atoms in total. The molecule has 0 aliphatic heterocycles. The molecule has 0 saturated heterocycles. The second kappa shape index (κ2) is 4.32. The van der Waals surface area contributed by atoms with Gasteiger partial charge in [-0.3, -0.25) is 10.1 Å². The topological polar surface area (TPSA) is 92.5 Å². The molecule has 12 heavy (non-hydrogen) atoms. The molecule has 68 valence electrons. The highest BCUT2D eigenvalue weighted by Crippen LogP contribution is 2.01. The summed E-state index contributed by atoms with van der Waals surface area (Å²) in [4.78, 5) is 19.8. The van der Waals surface area contributed by atoms with Gasteiger partial charge in [-0.05, 0) is 19.6 Å². The second-order valence-corrected chi connectivity index (χ2v) is 1.88. The van der Waals surface area contributed by atoms with Crippen LogP contribution in [0, 0.1) is 10.1 Å². The lowest BCUT2D eigenvalue weighted by molar-refractivity contribution is -0.438. The average molecular weight is 174 g/mol. The van der Waals surface area contributed by atoms with Crippen LogP contribution in [0.15, 0.2) is 11.5 Å². The van der Waals surface area contributed by atoms with E-state index in [0.29, 0.717) is 0 Å². The van der Waals surface area contributed by atoms with Crippen molar-refractivity contribution in [2.24, 2.45) is 0 Å². The fourth-order valence-electron chi connectivity index (χ4n) is 0.546. The van der Waals surface area contributed by atoms with Crippen LogP contribution in [-0.4, -0.2) is 17.5 Å². The smallest absolute Gasteiger partial charge is 0.408 e. The van der Waals surface area contributed by atoms with E-state index in [0.717, 1.165) is 6.92 Å². The molecule has 0 N–H and O–H groups in total. The van der Waals surface area contributed by atoms with Crippen molar-refractivity contribution in [3.8, 4) is 0 Å². The van der Waals surface area contributed by atoms with Crippen LogP contribution in [0.25, 0.3) is 0 Å². The number of hydrogen-bond acceptors (Lipinski definition) is 5. The van der Waals surface area contributed by atoms with Gasteiger partial charge in [0.15, 0.2) is 0 Å². The quantitative estimate of drug-likeness (QED) is 0.187. The molecule has 0 atom stereocenters. The van der Waals surface area contributed by atoms with E-state index in [9.17, 15) is 20.0 Å². The van der Waals surface area contributed by atoms with Crippen molar-refractivity contribution < 1.29 is 19.6 Å². The SMILES string of the molecule is CCOC(=O)/C(=C(\C)[O-])[N+](=O)[O-]. The van der Waals surface area contributed by atoms with Crippen LogP contribution in [0.1, 0.15) is 13.8 Å². The predicted molar refractivity (Wildman–Crippen MR) is 36.3 cm³/mol. The summed E-state index contributed by atoms with van der Waals surface area (Å²) in [5, 5.41) is 20.6. The number of nitro groups is 1. The van der Waals surface area contributed by atoms with Gasteiger partial charge >= 0.3 is 11.7 Å². The third-order valence-electron chi connectivity index (χ3n) is 0.985. The van der Waals surface area contributed by atoms with Crippen molar-refractivity contribution in [3.63, 3.8) is 0 Å². The molecule has 0 aromatic rings. The first-order valence-electron chi connectivity index (χ1n) is 3.20. The van der Waals surface area contributed by atoms with E-state index in [1.165, 1.54) is 6.92 Å². The number of ether oxygens (including phenoxy) is 1. The molecule has 0 radical (unpaired) electrons. The third-order valence-corrected chi connectivity index (χ3v) is 0.985. The largest absolute Gasteiger partial charge is 0.871 e. The maximum Gasteiger partial charge on any atom is 0.408 e. The molecule has 0 amide bonds. The summed E-state index contributed by atoms with van der Waals surface area (Å²) < 4.78 is 4.29.